The van der Waals surface area contributed by atoms with Crippen LogP contribution >= 0.6 is 35.7 Å². The minimum atomic E-state index is -0.238. The van der Waals surface area contributed by atoms with E-state index in [1.807, 2.05) is 11.8 Å². The molecule has 0 spiro atoms. The van der Waals surface area contributed by atoms with Crippen molar-refractivity contribution in [3.05, 3.63) is 30.1 Å². The molecule has 1 atom stereocenters. The molecule has 1 aliphatic heterocycles. The van der Waals surface area contributed by atoms with E-state index in [9.17, 15) is 4.39 Å². The van der Waals surface area contributed by atoms with Gasteiger partial charge in [0.05, 0.1) is 13.2 Å². The number of ether oxygens (including phenoxy) is 1. The molecule has 0 aliphatic carbocycles. The van der Waals surface area contributed by atoms with Crippen molar-refractivity contribution < 1.29 is 9.13 Å². The van der Waals surface area contributed by atoms with Crippen LogP contribution in [0.15, 0.2) is 29.3 Å². The topological polar surface area (TPSA) is 45.7 Å². The van der Waals surface area contributed by atoms with Gasteiger partial charge in [-0.2, -0.15) is 11.8 Å². The maximum atomic E-state index is 12.8. The highest BCUT2D eigenvalue weighted by molar-refractivity contribution is 14.0. The first-order chi connectivity index (χ1) is 11.8. The Bertz CT molecular complexity index is 496. The van der Waals surface area contributed by atoms with Crippen LogP contribution < -0.4 is 15.4 Å². The Balaban J connectivity index is 0.00000312. The minimum Gasteiger partial charge on any atom is -0.494 e. The smallest absolute Gasteiger partial charge is 0.191 e. The quantitative estimate of drug-likeness (QED) is 0.242. The Morgan fingerprint density at radius 1 is 1.28 bits per heavy atom. The molecule has 2 N–H and O–H groups in total. The Kier molecular flexibility index (Phi) is 12.1. The number of guanidine groups is 1. The van der Waals surface area contributed by atoms with Gasteiger partial charge in [0.2, 0.25) is 0 Å². The first-order valence-corrected chi connectivity index (χ1v) is 9.85. The summed E-state index contributed by atoms with van der Waals surface area (Å²) in [4.78, 5) is 4.68. The summed E-state index contributed by atoms with van der Waals surface area (Å²) in [6, 6.07) is 6.15. The number of benzene rings is 1. The molecule has 0 bridgehead atoms. The number of hydrogen-bond donors (Lipinski definition) is 2. The zero-order valence-corrected chi connectivity index (χ0v) is 17.9. The first-order valence-electron chi connectivity index (χ1n) is 8.80. The summed E-state index contributed by atoms with van der Waals surface area (Å²) in [6.07, 6.45) is 4.56. The zero-order valence-electron chi connectivity index (χ0n) is 14.8. The molecular weight excluding hydrogens is 452 g/mol. The highest BCUT2D eigenvalue weighted by atomic mass is 127. The largest absolute Gasteiger partial charge is 0.494 e. The summed E-state index contributed by atoms with van der Waals surface area (Å²) in [5, 5.41) is 7.35. The number of thioether (sulfide) groups is 1. The normalized spacial score (nSPS) is 17.0. The molecule has 1 saturated heterocycles. The van der Waals surface area contributed by atoms with E-state index < -0.39 is 0 Å². The average molecular weight is 481 g/mol. The van der Waals surface area contributed by atoms with Gasteiger partial charge in [-0.05, 0) is 62.6 Å². The van der Waals surface area contributed by atoms with Crippen molar-refractivity contribution in [2.24, 2.45) is 4.99 Å². The van der Waals surface area contributed by atoms with Crippen LogP contribution in [0, 0.1) is 5.82 Å². The fraction of sp³-hybridized carbons (Fsp3) is 0.611. The summed E-state index contributed by atoms with van der Waals surface area (Å²) in [7, 11) is 0. The monoisotopic (exact) mass is 481 g/mol. The molecule has 1 aromatic rings. The molecule has 1 aromatic carbocycles. The molecule has 0 saturated carbocycles. The SMILES string of the molecule is CCNC(=NCC1CCCS1)NCCCCOc1ccc(F)cc1.I. The molecule has 1 aliphatic rings. The van der Waals surface area contributed by atoms with Crippen LogP contribution in [-0.4, -0.2) is 43.2 Å². The lowest BCUT2D eigenvalue weighted by Crippen LogP contribution is -2.38. The van der Waals surface area contributed by atoms with Crippen molar-refractivity contribution >= 4 is 41.7 Å². The van der Waals surface area contributed by atoms with Crippen molar-refractivity contribution in [1.29, 1.82) is 0 Å². The Morgan fingerprint density at radius 2 is 2.08 bits per heavy atom. The van der Waals surface area contributed by atoms with Gasteiger partial charge in [-0.3, -0.25) is 4.99 Å². The number of aliphatic imine (C=N–C) groups is 1. The predicted molar refractivity (Wildman–Crippen MR) is 116 cm³/mol. The molecule has 1 fully saturated rings. The lowest BCUT2D eigenvalue weighted by atomic mass is 10.2. The van der Waals surface area contributed by atoms with Gasteiger partial charge < -0.3 is 15.4 Å². The molecule has 1 unspecified atom stereocenters. The van der Waals surface area contributed by atoms with Gasteiger partial charge in [-0.25, -0.2) is 4.39 Å². The predicted octanol–water partition coefficient (Wildman–Crippen LogP) is 4.05. The third kappa shape index (κ3) is 9.53. The van der Waals surface area contributed by atoms with E-state index >= 15 is 0 Å². The van der Waals surface area contributed by atoms with Gasteiger partial charge in [-0.15, -0.1) is 24.0 Å². The summed E-state index contributed by atoms with van der Waals surface area (Å²) in [5.74, 6) is 2.66. The molecule has 4 nitrogen and oxygen atoms in total. The fourth-order valence-electron chi connectivity index (χ4n) is 2.48. The Morgan fingerprint density at radius 3 is 2.76 bits per heavy atom. The van der Waals surface area contributed by atoms with Crippen LogP contribution in [0.2, 0.25) is 0 Å². The Hall–Kier alpha value is -0.700. The maximum Gasteiger partial charge on any atom is 0.191 e. The molecular formula is C18H29FIN3OS. The van der Waals surface area contributed by atoms with E-state index in [-0.39, 0.29) is 29.8 Å². The third-order valence-corrected chi connectivity index (χ3v) is 5.15. The van der Waals surface area contributed by atoms with Gasteiger partial charge in [0.25, 0.3) is 0 Å². The number of halogens is 2. The highest BCUT2D eigenvalue weighted by Crippen LogP contribution is 2.25. The lowest BCUT2D eigenvalue weighted by Gasteiger charge is -2.13. The minimum absolute atomic E-state index is 0. The van der Waals surface area contributed by atoms with Crippen molar-refractivity contribution in [2.75, 3.05) is 32.0 Å². The molecule has 7 heteroatoms. The van der Waals surface area contributed by atoms with Crippen LogP contribution in [0.25, 0.3) is 0 Å². The zero-order chi connectivity index (χ0) is 17.0. The lowest BCUT2D eigenvalue weighted by molar-refractivity contribution is 0.306. The van der Waals surface area contributed by atoms with Crippen molar-refractivity contribution in [3.8, 4) is 5.75 Å². The second-order valence-electron chi connectivity index (χ2n) is 5.79. The maximum absolute atomic E-state index is 12.8. The van der Waals surface area contributed by atoms with E-state index in [1.54, 1.807) is 12.1 Å². The van der Waals surface area contributed by atoms with Crippen LogP contribution in [0.4, 0.5) is 4.39 Å². The van der Waals surface area contributed by atoms with E-state index in [0.29, 0.717) is 17.6 Å². The number of nitrogens with one attached hydrogen (secondary N) is 2. The number of rotatable bonds is 9. The van der Waals surface area contributed by atoms with E-state index in [0.717, 1.165) is 38.4 Å². The second-order valence-corrected chi connectivity index (χ2v) is 7.20. The van der Waals surface area contributed by atoms with Crippen LogP contribution in [0.1, 0.15) is 32.6 Å². The van der Waals surface area contributed by atoms with Crippen LogP contribution in [-0.2, 0) is 0 Å². The van der Waals surface area contributed by atoms with E-state index in [4.69, 9.17) is 4.74 Å². The van der Waals surface area contributed by atoms with Gasteiger partial charge in [0.1, 0.15) is 11.6 Å². The van der Waals surface area contributed by atoms with Crippen molar-refractivity contribution in [2.45, 2.75) is 37.9 Å². The summed E-state index contributed by atoms with van der Waals surface area (Å²) in [5.41, 5.74) is 0. The summed E-state index contributed by atoms with van der Waals surface area (Å²) < 4.78 is 18.4. The molecule has 0 amide bonds. The van der Waals surface area contributed by atoms with Gasteiger partial charge in [0, 0.05) is 18.3 Å². The van der Waals surface area contributed by atoms with Crippen LogP contribution in [0.5, 0.6) is 5.75 Å². The standard InChI is InChI=1S/C18H28FN3OS.HI/c1-2-20-18(22-14-17-6-5-13-24-17)21-11-3-4-12-23-16-9-7-15(19)8-10-16;/h7-10,17H,2-6,11-14H2,1H3,(H2,20,21,22);1H. The first kappa shape index (κ1) is 22.3. The average Bonchev–Trinajstić information content (AvgIpc) is 3.11. The number of unbranched alkanes of at least 4 members (excludes halogenated alkanes) is 1. The molecule has 142 valence electrons. The highest BCUT2D eigenvalue weighted by Gasteiger charge is 2.14. The summed E-state index contributed by atoms with van der Waals surface area (Å²) >= 11 is 2.03. The van der Waals surface area contributed by atoms with Gasteiger partial charge in [-0.1, -0.05) is 0 Å². The molecule has 1 heterocycles. The third-order valence-electron chi connectivity index (χ3n) is 3.77. The van der Waals surface area contributed by atoms with Gasteiger partial charge >= 0.3 is 0 Å². The van der Waals surface area contributed by atoms with Crippen LogP contribution in [0.3, 0.4) is 0 Å². The molecule has 0 radical (unpaired) electrons. The molecule has 2 rings (SSSR count). The van der Waals surface area contributed by atoms with E-state index in [1.165, 1.54) is 30.7 Å². The van der Waals surface area contributed by atoms with Gasteiger partial charge in [0.15, 0.2) is 5.96 Å². The molecule has 0 aromatic heterocycles. The fourth-order valence-corrected chi connectivity index (χ4v) is 3.66. The molecule has 25 heavy (non-hydrogen) atoms. The van der Waals surface area contributed by atoms with Crippen molar-refractivity contribution in [3.63, 3.8) is 0 Å². The Labute approximate surface area is 171 Å². The summed E-state index contributed by atoms with van der Waals surface area (Å²) in [6.45, 7) is 5.36. The second kappa shape index (κ2) is 13.5. The number of hydrogen-bond acceptors (Lipinski definition) is 3. The van der Waals surface area contributed by atoms with E-state index in [2.05, 4.69) is 22.5 Å². The van der Waals surface area contributed by atoms with Crippen molar-refractivity contribution in [1.82, 2.24) is 10.6 Å². The number of nitrogens with zero attached hydrogens (tertiary/aromatic N) is 1.